The molecule has 1 aliphatic carbocycles. The molecule has 4 rings (SSSR count). The third-order valence-corrected chi connectivity index (χ3v) is 6.98. The highest BCUT2D eigenvalue weighted by atomic mass is 35.5. The van der Waals surface area contributed by atoms with E-state index in [0.717, 1.165) is 10.2 Å². The minimum absolute atomic E-state index is 0.0197. The Bertz CT molecular complexity index is 1120. The van der Waals surface area contributed by atoms with Crippen molar-refractivity contribution < 1.29 is 28.5 Å². The van der Waals surface area contributed by atoms with Crippen LogP contribution in [0, 0.1) is 5.92 Å². The summed E-state index contributed by atoms with van der Waals surface area (Å²) in [6, 6.07) is 6.82. The zero-order valence-electron chi connectivity index (χ0n) is 17.8. The number of halogens is 4. The molecule has 2 heterocycles. The summed E-state index contributed by atoms with van der Waals surface area (Å²) < 4.78 is 38.2. The van der Waals surface area contributed by atoms with Crippen molar-refractivity contribution in [3.63, 3.8) is 0 Å². The topological polar surface area (TPSA) is 123 Å². The molecule has 34 heavy (non-hydrogen) atoms. The van der Waals surface area contributed by atoms with Crippen LogP contribution in [-0.2, 0) is 0 Å². The highest BCUT2D eigenvalue weighted by Gasteiger charge is 2.41. The molecule has 1 aliphatic rings. The Balaban J connectivity index is 1.65. The van der Waals surface area contributed by atoms with Crippen molar-refractivity contribution in [1.82, 2.24) is 15.0 Å². The third kappa shape index (κ3) is 5.52. The Morgan fingerprint density at radius 1 is 1.12 bits per heavy atom. The minimum atomic E-state index is -4.26. The van der Waals surface area contributed by atoms with E-state index in [4.69, 9.17) is 11.6 Å². The summed E-state index contributed by atoms with van der Waals surface area (Å²) in [7, 11) is 0. The molecule has 0 amide bonds. The van der Waals surface area contributed by atoms with Gasteiger partial charge in [0.15, 0.2) is 0 Å². The van der Waals surface area contributed by atoms with Crippen LogP contribution in [0.25, 0.3) is 20.8 Å². The van der Waals surface area contributed by atoms with Crippen LogP contribution in [-0.4, -0.2) is 67.8 Å². The van der Waals surface area contributed by atoms with Gasteiger partial charge in [-0.05, 0) is 25.0 Å². The Labute approximate surface area is 201 Å². The second kappa shape index (κ2) is 10.2. The van der Waals surface area contributed by atoms with E-state index in [9.17, 15) is 28.5 Å². The van der Waals surface area contributed by atoms with E-state index in [1.54, 1.807) is 0 Å². The summed E-state index contributed by atoms with van der Waals surface area (Å²) in [6.45, 7) is -0.315. The molecule has 0 unspecified atom stereocenters. The van der Waals surface area contributed by atoms with Crippen molar-refractivity contribution in [3.8, 4) is 10.6 Å². The van der Waals surface area contributed by atoms with Gasteiger partial charge in [-0.25, -0.2) is 9.97 Å². The first kappa shape index (κ1) is 24.9. The number of nitrogens with one attached hydrogen (secondary N) is 2. The number of aliphatic hydroxyl groups excluding tert-OH is 3. The molecular formula is C21H23ClF3N5O3S. The SMILES string of the molecule is OC[C@H]1C[C@@H](Nc2nc(NCCCC(F)(F)F)nc(Cl)c2-c2nc3ccccc3s2)[C@H](O)[C@@H]1O. The molecule has 5 N–H and O–H groups in total. The van der Waals surface area contributed by atoms with Crippen LogP contribution < -0.4 is 10.6 Å². The molecular weight excluding hydrogens is 495 g/mol. The molecule has 1 saturated carbocycles. The maximum absolute atomic E-state index is 12.4. The molecule has 1 fully saturated rings. The van der Waals surface area contributed by atoms with Gasteiger partial charge in [0.1, 0.15) is 22.1 Å². The normalized spacial score (nSPS) is 22.9. The highest BCUT2D eigenvalue weighted by molar-refractivity contribution is 7.21. The van der Waals surface area contributed by atoms with Gasteiger partial charge in [0, 0.05) is 25.5 Å². The first-order chi connectivity index (χ1) is 16.2. The molecule has 0 radical (unpaired) electrons. The number of rotatable bonds is 8. The van der Waals surface area contributed by atoms with E-state index in [1.807, 2.05) is 24.3 Å². The second-order valence-corrected chi connectivity index (χ2v) is 9.49. The third-order valence-electron chi connectivity index (χ3n) is 5.65. The van der Waals surface area contributed by atoms with Crippen molar-refractivity contribution in [1.29, 1.82) is 0 Å². The largest absolute Gasteiger partial charge is 0.396 e. The molecule has 8 nitrogen and oxygen atoms in total. The molecule has 13 heteroatoms. The van der Waals surface area contributed by atoms with Gasteiger partial charge >= 0.3 is 6.18 Å². The number of aliphatic hydroxyl groups is 3. The van der Waals surface area contributed by atoms with Crippen LogP contribution in [0.2, 0.25) is 5.15 Å². The van der Waals surface area contributed by atoms with Gasteiger partial charge < -0.3 is 26.0 Å². The molecule has 2 aromatic heterocycles. The molecule has 4 atom stereocenters. The number of para-hydroxylation sites is 1. The number of thiazole rings is 1. The first-order valence-electron chi connectivity index (χ1n) is 10.6. The molecule has 0 spiro atoms. The quantitative estimate of drug-likeness (QED) is 0.226. The molecule has 1 aromatic carbocycles. The van der Waals surface area contributed by atoms with Crippen LogP contribution in [0.15, 0.2) is 24.3 Å². The Morgan fingerprint density at radius 3 is 2.56 bits per heavy atom. The zero-order valence-corrected chi connectivity index (χ0v) is 19.3. The van der Waals surface area contributed by atoms with Crippen molar-refractivity contribution >= 4 is 44.9 Å². The Kier molecular flexibility index (Phi) is 7.43. The van der Waals surface area contributed by atoms with Crippen LogP contribution in [0.1, 0.15) is 19.3 Å². The van der Waals surface area contributed by atoms with Gasteiger partial charge in [0.05, 0.1) is 27.9 Å². The van der Waals surface area contributed by atoms with Crippen molar-refractivity contribution in [2.45, 2.75) is 43.7 Å². The second-order valence-electron chi connectivity index (χ2n) is 8.10. The summed E-state index contributed by atoms with van der Waals surface area (Å²) in [5, 5.41) is 36.5. The van der Waals surface area contributed by atoms with Crippen molar-refractivity contribution in [3.05, 3.63) is 29.4 Å². The van der Waals surface area contributed by atoms with E-state index >= 15 is 0 Å². The standard InChI is InChI=1S/C21H23ClF3N5O3S/c22-17-14(19-28-11-4-1-2-5-13(11)34-19)18(27-12-8-10(9-31)15(32)16(12)33)30-20(29-17)26-7-3-6-21(23,24)25/h1-2,4-5,10,12,15-16,31-33H,3,6-9H2,(H2,26,27,29,30)/t10-,12-,15-,16+/m1/s1. The van der Waals surface area contributed by atoms with E-state index < -0.39 is 36.8 Å². The summed E-state index contributed by atoms with van der Waals surface area (Å²) >= 11 is 7.85. The number of nitrogens with zero attached hydrogens (tertiary/aromatic N) is 3. The first-order valence-corrected chi connectivity index (χ1v) is 11.8. The predicted octanol–water partition coefficient (Wildman–Crippen LogP) is 3.68. The Morgan fingerprint density at radius 2 is 1.88 bits per heavy atom. The van der Waals surface area contributed by atoms with Gasteiger partial charge in [0.2, 0.25) is 5.95 Å². The van der Waals surface area contributed by atoms with Crippen molar-refractivity contribution in [2.75, 3.05) is 23.8 Å². The zero-order chi connectivity index (χ0) is 24.5. The highest BCUT2D eigenvalue weighted by Crippen LogP contribution is 2.40. The lowest BCUT2D eigenvalue weighted by molar-refractivity contribution is -0.134. The van der Waals surface area contributed by atoms with E-state index in [0.29, 0.717) is 10.6 Å². The summed E-state index contributed by atoms with van der Waals surface area (Å²) in [6.07, 6.45) is -7.39. The average molecular weight is 518 g/mol. The molecule has 0 saturated heterocycles. The molecule has 3 aromatic rings. The predicted molar refractivity (Wildman–Crippen MR) is 124 cm³/mol. The van der Waals surface area contributed by atoms with Crippen LogP contribution in [0.5, 0.6) is 0 Å². The number of anilines is 2. The monoisotopic (exact) mass is 517 g/mol. The smallest absolute Gasteiger partial charge is 0.389 e. The number of hydrogen-bond acceptors (Lipinski definition) is 9. The van der Waals surface area contributed by atoms with E-state index in [2.05, 4.69) is 25.6 Å². The lowest BCUT2D eigenvalue weighted by Gasteiger charge is -2.21. The number of hydrogen-bond donors (Lipinski definition) is 5. The van der Waals surface area contributed by atoms with Gasteiger partial charge in [-0.3, -0.25) is 0 Å². The van der Waals surface area contributed by atoms with Crippen LogP contribution in [0.3, 0.4) is 0 Å². The number of alkyl halides is 3. The minimum Gasteiger partial charge on any atom is -0.396 e. The summed E-state index contributed by atoms with van der Waals surface area (Å²) in [5.74, 6) is -0.283. The van der Waals surface area contributed by atoms with Gasteiger partial charge in [0.25, 0.3) is 0 Å². The van der Waals surface area contributed by atoms with Crippen LogP contribution in [0.4, 0.5) is 24.9 Å². The molecule has 184 valence electrons. The molecule has 0 bridgehead atoms. The maximum atomic E-state index is 12.4. The fourth-order valence-corrected chi connectivity index (χ4v) is 5.23. The summed E-state index contributed by atoms with van der Waals surface area (Å²) in [5.41, 5.74) is 1.12. The Hall–Kier alpha value is -2.25. The average Bonchev–Trinajstić information content (AvgIpc) is 3.32. The number of fused-ring (bicyclic) bond motifs is 1. The van der Waals surface area contributed by atoms with Gasteiger partial charge in [-0.15, -0.1) is 11.3 Å². The van der Waals surface area contributed by atoms with Crippen molar-refractivity contribution in [2.24, 2.45) is 5.92 Å². The van der Waals surface area contributed by atoms with E-state index in [-0.39, 0.29) is 42.9 Å². The summed E-state index contributed by atoms with van der Waals surface area (Å²) in [4.78, 5) is 13.2. The fourth-order valence-electron chi connectivity index (χ4n) is 3.90. The van der Waals surface area contributed by atoms with Gasteiger partial charge in [-0.1, -0.05) is 23.7 Å². The van der Waals surface area contributed by atoms with E-state index in [1.165, 1.54) is 11.3 Å². The lowest BCUT2D eigenvalue weighted by atomic mass is 10.1. The maximum Gasteiger partial charge on any atom is 0.389 e. The molecule has 0 aliphatic heterocycles. The fraction of sp³-hybridized carbons (Fsp3) is 0.476. The van der Waals surface area contributed by atoms with Crippen LogP contribution >= 0.6 is 22.9 Å². The number of aromatic nitrogens is 3. The lowest BCUT2D eigenvalue weighted by Crippen LogP contribution is -2.35. The van der Waals surface area contributed by atoms with Gasteiger partial charge in [-0.2, -0.15) is 18.2 Å². The number of benzene rings is 1.